The summed E-state index contributed by atoms with van der Waals surface area (Å²) in [5, 5.41) is 8.03. The summed E-state index contributed by atoms with van der Waals surface area (Å²) in [7, 11) is 1.83. The molecule has 0 bridgehead atoms. The number of guanidine groups is 1. The number of hydrogen-bond donors (Lipinski definition) is 2. The molecule has 1 aromatic heterocycles. The third-order valence-electron chi connectivity index (χ3n) is 4.91. The Morgan fingerprint density at radius 1 is 1.31 bits per heavy atom. The fourth-order valence-electron chi connectivity index (χ4n) is 3.42. The lowest BCUT2D eigenvalue weighted by Crippen LogP contribution is -2.53. The molecule has 26 heavy (non-hydrogen) atoms. The van der Waals surface area contributed by atoms with Gasteiger partial charge in [-0.15, -0.1) is 35.3 Å². The van der Waals surface area contributed by atoms with Crippen molar-refractivity contribution in [3.05, 3.63) is 16.1 Å². The SMILES string of the molecule is CCC(CC)C(CNC(=NC)NCc1cnc(C)s1)N1CCOCC1.I. The van der Waals surface area contributed by atoms with Gasteiger partial charge in [0.1, 0.15) is 0 Å². The molecule has 1 saturated heterocycles. The largest absolute Gasteiger partial charge is 0.379 e. The molecule has 6 nitrogen and oxygen atoms in total. The highest BCUT2D eigenvalue weighted by Gasteiger charge is 2.26. The summed E-state index contributed by atoms with van der Waals surface area (Å²) >= 11 is 1.72. The quantitative estimate of drug-likeness (QED) is 0.330. The lowest BCUT2D eigenvalue weighted by molar-refractivity contribution is 0.00272. The molecular formula is C18H34IN5OS. The number of hydrogen-bond acceptors (Lipinski definition) is 5. The minimum atomic E-state index is 0. The number of nitrogens with zero attached hydrogens (tertiary/aromatic N) is 3. The summed E-state index contributed by atoms with van der Waals surface area (Å²) in [5.41, 5.74) is 0. The Balaban J connectivity index is 0.00000338. The third-order valence-corrected chi connectivity index (χ3v) is 5.82. The molecule has 0 aromatic carbocycles. The molecule has 1 atom stereocenters. The van der Waals surface area contributed by atoms with Crippen LogP contribution in [0.4, 0.5) is 0 Å². The minimum Gasteiger partial charge on any atom is -0.379 e. The maximum Gasteiger partial charge on any atom is 0.191 e. The molecule has 0 saturated carbocycles. The van der Waals surface area contributed by atoms with Crippen LogP contribution in [0.25, 0.3) is 0 Å². The van der Waals surface area contributed by atoms with E-state index in [-0.39, 0.29) is 24.0 Å². The number of thiazole rings is 1. The van der Waals surface area contributed by atoms with Gasteiger partial charge in [-0.25, -0.2) is 4.98 Å². The van der Waals surface area contributed by atoms with E-state index in [9.17, 15) is 0 Å². The Hall–Kier alpha value is -0.450. The molecule has 0 spiro atoms. The maximum atomic E-state index is 5.53. The van der Waals surface area contributed by atoms with Crippen LogP contribution in [0.5, 0.6) is 0 Å². The lowest BCUT2D eigenvalue weighted by Gasteiger charge is -2.39. The first kappa shape index (κ1) is 23.6. The van der Waals surface area contributed by atoms with E-state index in [1.807, 2.05) is 20.2 Å². The summed E-state index contributed by atoms with van der Waals surface area (Å²) in [4.78, 5) is 12.5. The zero-order valence-electron chi connectivity index (χ0n) is 16.5. The van der Waals surface area contributed by atoms with E-state index in [0.29, 0.717) is 12.0 Å². The van der Waals surface area contributed by atoms with Crippen LogP contribution < -0.4 is 10.6 Å². The van der Waals surface area contributed by atoms with Gasteiger partial charge in [-0.1, -0.05) is 26.7 Å². The Labute approximate surface area is 179 Å². The molecule has 2 N–H and O–H groups in total. The van der Waals surface area contributed by atoms with Crippen molar-refractivity contribution in [2.45, 2.75) is 46.2 Å². The fourth-order valence-corrected chi connectivity index (χ4v) is 4.15. The number of halogens is 1. The van der Waals surface area contributed by atoms with Crippen molar-refractivity contribution >= 4 is 41.3 Å². The predicted octanol–water partition coefficient (Wildman–Crippen LogP) is 2.87. The topological polar surface area (TPSA) is 61.8 Å². The average molecular weight is 495 g/mol. The summed E-state index contributed by atoms with van der Waals surface area (Å²) in [6, 6.07) is 0.517. The van der Waals surface area contributed by atoms with Crippen molar-refractivity contribution < 1.29 is 4.74 Å². The fraction of sp³-hybridized carbons (Fsp3) is 0.778. The highest BCUT2D eigenvalue weighted by Crippen LogP contribution is 2.19. The van der Waals surface area contributed by atoms with Gasteiger partial charge in [0.2, 0.25) is 0 Å². The van der Waals surface area contributed by atoms with Gasteiger partial charge in [-0.2, -0.15) is 0 Å². The predicted molar refractivity (Wildman–Crippen MR) is 121 cm³/mol. The van der Waals surface area contributed by atoms with Crippen molar-refractivity contribution in [2.75, 3.05) is 39.9 Å². The molecule has 0 amide bonds. The molecule has 1 aliphatic heterocycles. The molecule has 1 aliphatic rings. The van der Waals surface area contributed by atoms with Crippen LogP contribution in [0.1, 0.15) is 36.6 Å². The Morgan fingerprint density at radius 3 is 2.54 bits per heavy atom. The molecular weight excluding hydrogens is 461 g/mol. The van der Waals surface area contributed by atoms with Crippen LogP contribution in [0.15, 0.2) is 11.2 Å². The van der Waals surface area contributed by atoms with Gasteiger partial charge < -0.3 is 15.4 Å². The molecule has 2 rings (SSSR count). The van der Waals surface area contributed by atoms with Crippen molar-refractivity contribution in [1.82, 2.24) is 20.5 Å². The van der Waals surface area contributed by atoms with Gasteiger partial charge in [0.15, 0.2) is 5.96 Å². The number of nitrogens with one attached hydrogen (secondary N) is 2. The Bertz CT molecular complexity index is 529. The Morgan fingerprint density at radius 2 is 2.00 bits per heavy atom. The van der Waals surface area contributed by atoms with Crippen LogP contribution in [-0.4, -0.2) is 61.8 Å². The van der Waals surface area contributed by atoms with Crippen molar-refractivity contribution in [2.24, 2.45) is 10.9 Å². The smallest absolute Gasteiger partial charge is 0.191 e. The van der Waals surface area contributed by atoms with Gasteiger partial charge in [0.05, 0.1) is 24.8 Å². The van der Waals surface area contributed by atoms with Crippen LogP contribution in [0.3, 0.4) is 0 Å². The minimum absolute atomic E-state index is 0. The van der Waals surface area contributed by atoms with Gasteiger partial charge in [0, 0.05) is 43.8 Å². The van der Waals surface area contributed by atoms with Crippen molar-refractivity contribution in [1.29, 1.82) is 0 Å². The van der Waals surface area contributed by atoms with E-state index in [1.54, 1.807) is 11.3 Å². The summed E-state index contributed by atoms with van der Waals surface area (Å²) < 4.78 is 5.53. The highest BCUT2D eigenvalue weighted by molar-refractivity contribution is 14.0. The molecule has 1 aromatic rings. The summed E-state index contributed by atoms with van der Waals surface area (Å²) in [5.74, 6) is 1.54. The standard InChI is InChI=1S/C18H33N5OS.HI/c1-5-15(6-2)17(23-7-9-24-10-8-23)13-22-18(19-4)21-12-16-11-20-14(3)25-16;/h11,15,17H,5-10,12-13H2,1-4H3,(H2,19,21,22);1H. The second kappa shape index (κ2) is 12.9. The molecule has 1 unspecified atom stereocenters. The van der Waals surface area contributed by atoms with E-state index in [1.165, 1.54) is 17.7 Å². The van der Waals surface area contributed by atoms with E-state index in [4.69, 9.17) is 4.74 Å². The zero-order valence-corrected chi connectivity index (χ0v) is 19.6. The molecule has 8 heteroatoms. The number of aliphatic imine (C=N–C) groups is 1. The van der Waals surface area contributed by atoms with E-state index < -0.39 is 0 Å². The van der Waals surface area contributed by atoms with Crippen molar-refractivity contribution in [3.8, 4) is 0 Å². The summed E-state index contributed by atoms with van der Waals surface area (Å²) in [6.07, 6.45) is 4.33. The number of rotatable bonds is 8. The second-order valence-electron chi connectivity index (χ2n) is 6.44. The van der Waals surface area contributed by atoms with Crippen molar-refractivity contribution in [3.63, 3.8) is 0 Å². The average Bonchev–Trinajstić information content (AvgIpc) is 3.07. The number of aryl methyl sites for hydroxylation is 1. The maximum absolute atomic E-state index is 5.53. The molecule has 0 radical (unpaired) electrons. The summed E-state index contributed by atoms with van der Waals surface area (Å²) in [6.45, 7) is 12.0. The highest BCUT2D eigenvalue weighted by atomic mass is 127. The molecule has 150 valence electrons. The Kier molecular flexibility index (Phi) is 11.7. The molecule has 0 aliphatic carbocycles. The molecule has 2 heterocycles. The van der Waals surface area contributed by atoms with Gasteiger partial charge in [-0.3, -0.25) is 9.89 Å². The van der Waals surface area contributed by atoms with Gasteiger partial charge in [0.25, 0.3) is 0 Å². The van der Waals surface area contributed by atoms with Gasteiger partial charge >= 0.3 is 0 Å². The first-order valence-electron chi connectivity index (χ1n) is 9.35. The number of aromatic nitrogens is 1. The first-order valence-corrected chi connectivity index (χ1v) is 10.2. The van der Waals surface area contributed by atoms with Crippen LogP contribution >= 0.6 is 35.3 Å². The monoisotopic (exact) mass is 495 g/mol. The third kappa shape index (κ3) is 7.28. The van der Waals surface area contributed by atoms with Crippen LogP contribution in [0, 0.1) is 12.8 Å². The first-order chi connectivity index (χ1) is 12.2. The number of morpholine rings is 1. The molecule has 1 fully saturated rings. The van der Waals surface area contributed by atoms with Crippen LogP contribution in [0.2, 0.25) is 0 Å². The van der Waals surface area contributed by atoms with Crippen LogP contribution in [-0.2, 0) is 11.3 Å². The number of ether oxygens (including phenoxy) is 1. The lowest BCUT2D eigenvalue weighted by atomic mass is 9.92. The van der Waals surface area contributed by atoms with E-state index in [0.717, 1.165) is 50.4 Å². The normalized spacial score (nSPS) is 17.0. The van der Waals surface area contributed by atoms with E-state index >= 15 is 0 Å². The van der Waals surface area contributed by atoms with Gasteiger partial charge in [-0.05, 0) is 12.8 Å². The van der Waals surface area contributed by atoms with E-state index in [2.05, 4.69) is 39.4 Å². The second-order valence-corrected chi connectivity index (χ2v) is 7.76. The zero-order chi connectivity index (χ0) is 18.1.